The van der Waals surface area contributed by atoms with E-state index < -0.39 is 0 Å². The van der Waals surface area contributed by atoms with Crippen molar-refractivity contribution in [3.8, 4) is 0 Å². The molecule has 1 aliphatic rings. The fourth-order valence-corrected chi connectivity index (χ4v) is 2.06. The van der Waals surface area contributed by atoms with Crippen molar-refractivity contribution in [2.75, 3.05) is 19.6 Å². The molecule has 0 spiro atoms. The van der Waals surface area contributed by atoms with E-state index in [4.69, 9.17) is 11.5 Å². The quantitative estimate of drug-likeness (QED) is 0.677. The molecule has 20 heavy (non-hydrogen) atoms. The van der Waals surface area contributed by atoms with Crippen molar-refractivity contribution in [3.05, 3.63) is 46.6 Å². The van der Waals surface area contributed by atoms with Crippen LogP contribution in [0.2, 0.25) is 0 Å². The molecular formula is C15H24N4Pt. The number of benzene rings is 1. The maximum atomic E-state index is 6.33. The molecule has 0 fully saturated rings. The van der Waals surface area contributed by atoms with Crippen LogP contribution in [-0.4, -0.2) is 24.6 Å². The summed E-state index contributed by atoms with van der Waals surface area (Å²) in [6.07, 6.45) is 1.10. The Kier molecular flexibility index (Phi) is 10.7. The second kappa shape index (κ2) is 11.0. The topological polar surface area (TPSA) is 79.7 Å². The van der Waals surface area contributed by atoms with Gasteiger partial charge in [-0.3, -0.25) is 0 Å². The largest absolute Gasteiger partial charge is 2.00 e. The van der Waals surface area contributed by atoms with Gasteiger partial charge in [0.25, 0.3) is 0 Å². The molecule has 0 bridgehead atoms. The standard InChI is InChI=1S/C11H11N2.C2H7N2.C2H6.Pt/c1-2-4-10-8(3-1)9-5-6-12-7-11(9)13-10;3-1-2-4;1-2;/h1-4,13H,5-7H2;3H,1-2,4H2;1-2H3;/q2*-1;;+2. The Labute approximate surface area is 136 Å². The number of para-hydroxylation sites is 1. The Bertz CT molecular complexity index is 480. The number of rotatable bonds is 1. The fourth-order valence-electron chi connectivity index (χ4n) is 2.06. The van der Waals surface area contributed by atoms with Gasteiger partial charge in [0, 0.05) is 10.9 Å². The summed E-state index contributed by atoms with van der Waals surface area (Å²) in [5.41, 5.74) is 15.2. The van der Waals surface area contributed by atoms with E-state index in [1.54, 1.807) is 0 Å². The van der Waals surface area contributed by atoms with E-state index in [0.717, 1.165) is 19.5 Å². The van der Waals surface area contributed by atoms with Crippen LogP contribution in [0.5, 0.6) is 0 Å². The molecular weight excluding hydrogens is 431 g/mol. The summed E-state index contributed by atoms with van der Waals surface area (Å²) in [4.78, 5) is 3.42. The molecule has 5 heteroatoms. The minimum atomic E-state index is 0. The van der Waals surface area contributed by atoms with Gasteiger partial charge in [0.2, 0.25) is 0 Å². The molecule has 0 amide bonds. The van der Waals surface area contributed by atoms with Crippen molar-refractivity contribution in [1.82, 2.24) is 4.98 Å². The third-order valence-corrected chi connectivity index (χ3v) is 2.84. The minimum Gasteiger partial charge on any atom is -0.676 e. The Balaban J connectivity index is 0.000000453. The van der Waals surface area contributed by atoms with Crippen molar-refractivity contribution < 1.29 is 21.1 Å². The van der Waals surface area contributed by atoms with Gasteiger partial charge in [0.15, 0.2) is 0 Å². The van der Waals surface area contributed by atoms with E-state index in [1.165, 1.54) is 22.2 Å². The first-order valence-electron chi connectivity index (χ1n) is 6.93. The van der Waals surface area contributed by atoms with Gasteiger partial charge >= 0.3 is 21.1 Å². The second-order valence-corrected chi connectivity index (χ2v) is 4.02. The van der Waals surface area contributed by atoms with E-state index in [-0.39, 0.29) is 21.1 Å². The number of aromatic nitrogens is 1. The Hall–Kier alpha value is -0.672. The van der Waals surface area contributed by atoms with Gasteiger partial charge in [-0.25, -0.2) is 0 Å². The molecule has 1 aliphatic heterocycles. The number of aromatic amines is 1. The number of hydrogen-bond donors (Lipinski definition) is 2. The number of H-pyrrole nitrogens is 1. The molecule has 2 aromatic rings. The smallest absolute Gasteiger partial charge is 0.676 e. The summed E-state index contributed by atoms with van der Waals surface area (Å²) in [6.45, 7) is 6.68. The number of nitrogens with one attached hydrogen (secondary N) is 2. The first kappa shape index (κ1) is 19.3. The zero-order chi connectivity index (χ0) is 14.1. The molecule has 0 aliphatic carbocycles. The normalized spacial score (nSPS) is 12.2. The van der Waals surface area contributed by atoms with Crippen LogP contribution in [0.15, 0.2) is 24.3 Å². The Morgan fingerprint density at radius 2 is 1.95 bits per heavy atom. The first-order valence-corrected chi connectivity index (χ1v) is 6.93. The molecule has 0 saturated heterocycles. The SMILES string of the molecule is CC.[NH-]CCN.[Pt+2].c1ccc2c3c([nH]c2c1)C[N-]CC3. The maximum Gasteiger partial charge on any atom is 2.00 e. The van der Waals surface area contributed by atoms with Crippen LogP contribution < -0.4 is 5.73 Å². The van der Waals surface area contributed by atoms with Crippen molar-refractivity contribution in [3.63, 3.8) is 0 Å². The molecule has 1 aromatic carbocycles. The van der Waals surface area contributed by atoms with Crippen molar-refractivity contribution in [2.45, 2.75) is 26.8 Å². The maximum absolute atomic E-state index is 6.33. The molecule has 2 heterocycles. The van der Waals surface area contributed by atoms with E-state index in [1.807, 2.05) is 13.8 Å². The molecule has 4 N–H and O–H groups in total. The van der Waals surface area contributed by atoms with Crippen molar-refractivity contribution >= 4 is 10.9 Å². The zero-order valence-corrected chi connectivity index (χ0v) is 14.5. The summed E-state index contributed by atoms with van der Waals surface area (Å²) in [5.74, 6) is 0. The summed E-state index contributed by atoms with van der Waals surface area (Å²) in [7, 11) is 0. The molecule has 0 radical (unpaired) electrons. The molecule has 0 unspecified atom stereocenters. The number of fused-ring (bicyclic) bond motifs is 3. The molecule has 4 nitrogen and oxygen atoms in total. The number of nitrogens with two attached hydrogens (primary N) is 1. The summed E-state index contributed by atoms with van der Waals surface area (Å²) < 4.78 is 0. The second-order valence-electron chi connectivity index (χ2n) is 4.02. The van der Waals surface area contributed by atoms with Crippen LogP contribution in [0.3, 0.4) is 0 Å². The van der Waals surface area contributed by atoms with Crippen molar-refractivity contribution in [2.24, 2.45) is 5.73 Å². The van der Waals surface area contributed by atoms with Gasteiger partial charge < -0.3 is 21.8 Å². The summed E-state index contributed by atoms with van der Waals surface area (Å²) >= 11 is 0. The predicted octanol–water partition coefficient (Wildman–Crippen LogP) is 3.62. The van der Waals surface area contributed by atoms with E-state index in [9.17, 15) is 0 Å². The van der Waals surface area contributed by atoms with Gasteiger partial charge in [-0.15, -0.1) is 19.6 Å². The fraction of sp³-hybridized carbons (Fsp3) is 0.467. The van der Waals surface area contributed by atoms with Gasteiger partial charge in [-0.2, -0.15) is 0 Å². The molecule has 0 saturated carbocycles. The minimum absolute atomic E-state index is 0. The summed E-state index contributed by atoms with van der Waals surface area (Å²) in [5, 5.41) is 5.76. The van der Waals surface area contributed by atoms with Gasteiger partial charge in [-0.1, -0.05) is 32.0 Å². The van der Waals surface area contributed by atoms with Crippen LogP contribution in [0.25, 0.3) is 22.0 Å². The van der Waals surface area contributed by atoms with E-state index in [0.29, 0.717) is 13.1 Å². The average Bonchev–Trinajstić information content (AvgIpc) is 2.88. The van der Waals surface area contributed by atoms with Crippen LogP contribution >= 0.6 is 0 Å². The van der Waals surface area contributed by atoms with Crippen LogP contribution in [0, 0.1) is 0 Å². The summed E-state index contributed by atoms with van der Waals surface area (Å²) in [6, 6.07) is 8.49. The average molecular weight is 455 g/mol. The third kappa shape index (κ3) is 5.02. The Morgan fingerprint density at radius 3 is 2.60 bits per heavy atom. The molecule has 114 valence electrons. The van der Waals surface area contributed by atoms with Gasteiger partial charge in [-0.05, 0) is 30.3 Å². The monoisotopic (exact) mass is 455 g/mol. The van der Waals surface area contributed by atoms with Crippen LogP contribution in [0.4, 0.5) is 0 Å². The molecule has 1 aromatic heterocycles. The first-order chi connectivity index (χ1) is 9.36. The zero-order valence-electron chi connectivity index (χ0n) is 12.2. The van der Waals surface area contributed by atoms with Crippen LogP contribution in [0.1, 0.15) is 25.1 Å². The number of nitrogens with zero attached hydrogens (tertiary/aromatic N) is 1. The van der Waals surface area contributed by atoms with E-state index >= 15 is 0 Å². The van der Waals surface area contributed by atoms with Gasteiger partial charge in [0.05, 0.1) is 0 Å². The predicted molar refractivity (Wildman–Crippen MR) is 83.5 cm³/mol. The van der Waals surface area contributed by atoms with Crippen LogP contribution in [-0.2, 0) is 34.0 Å². The molecule has 0 atom stereocenters. The van der Waals surface area contributed by atoms with Crippen molar-refractivity contribution in [1.29, 1.82) is 0 Å². The Morgan fingerprint density at radius 1 is 1.30 bits per heavy atom. The molecule has 3 rings (SSSR count). The number of hydrogen-bond acceptors (Lipinski definition) is 1. The van der Waals surface area contributed by atoms with E-state index in [2.05, 4.69) is 34.6 Å². The third-order valence-electron chi connectivity index (χ3n) is 2.84. The van der Waals surface area contributed by atoms with Gasteiger partial charge in [0.1, 0.15) is 0 Å².